The Morgan fingerprint density at radius 3 is 2.90 bits per heavy atom. The van der Waals surface area contributed by atoms with Crippen molar-refractivity contribution in [3.05, 3.63) is 48.3 Å². The largest absolute Gasteiger partial charge is 0.355 e. The molecule has 0 unspecified atom stereocenters. The van der Waals surface area contributed by atoms with E-state index in [-0.39, 0.29) is 11.2 Å². The van der Waals surface area contributed by atoms with E-state index >= 15 is 0 Å². The third-order valence-corrected chi connectivity index (χ3v) is 4.99. The molecule has 1 aromatic heterocycles. The van der Waals surface area contributed by atoms with E-state index in [0.717, 1.165) is 37.2 Å². The van der Waals surface area contributed by atoms with E-state index in [0.29, 0.717) is 0 Å². The molecule has 0 aliphatic carbocycles. The van der Waals surface area contributed by atoms with E-state index in [9.17, 15) is 4.79 Å². The molecule has 1 aliphatic heterocycles. The molecule has 0 saturated carbocycles. The van der Waals surface area contributed by atoms with Gasteiger partial charge in [-0.25, -0.2) is 4.68 Å². The Kier molecular flexibility index (Phi) is 4.60. The quantitative estimate of drug-likeness (QED) is 0.944. The SMILES string of the molecule is O=C1NCCCC[C@@H]1SCc1ccc(-n2cccn2)cc1. The van der Waals surface area contributed by atoms with Crippen molar-refractivity contribution < 1.29 is 4.79 Å². The minimum atomic E-state index is 0.0956. The number of rotatable bonds is 4. The van der Waals surface area contributed by atoms with Gasteiger partial charge in [-0.05, 0) is 36.6 Å². The van der Waals surface area contributed by atoms with Crippen LogP contribution < -0.4 is 5.32 Å². The van der Waals surface area contributed by atoms with Crippen LogP contribution in [0.15, 0.2) is 42.7 Å². The predicted octanol–water partition coefficient (Wildman–Crippen LogP) is 2.77. The minimum Gasteiger partial charge on any atom is -0.355 e. The molecule has 1 atom stereocenters. The van der Waals surface area contributed by atoms with Crippen molar-refractivity contribution in [2.24, 2.45) is 0 Å². The average molecular weight is 301 g/mol. The van der Waals surface area contributed by atoms with Gasteiger partial charge in [0.2, 0.25) is 5.91 Å². The van der Waals surface area contributed by atoms with Crippen LogP contribution >= 0.6 is 11.8 Å². The Morgan fingerprint density at radius 1 is 1.29 bits per heavy atom. The van der Waals surface area contributed by atoms with Crippen molar-refractivity contribution in [2.75, 3.05) is 6.54 Å². The first-order valence-corrected chi connectivity index (χ1v) is 8.36. The van der Waals surface area contributed by atoms with Crippen molar-refractivity contribution in [3.63, 3.8) is 0 Å². The van der Waals surface area contributed by atoms with E-state index in [2.05, 4.69) is 34.7 Å². The van der Waals surface area contributed by atoms with Crippen molar-refractivity contribution in [3.8, 4) is 5.69 Å². The first-order chi connectivity index (χ1) is 10.3. The second-order valence-corrected chi connectivity index (χ2v) is 6.39. The molecular weight excluding hydrogens is 282 g/mol. The number of hydrogen-bond acceptors (Lipinski definition) is 3. The van der Waals surface area contributed by atoms with Gasteiger partial charge in [0.05, 0.1) is 10.9 Å². The van der Waals surface area contributed by atoms with Crippen LogP contribution in [0.5, 0.6) is 0 Å². The second kappa shape index (κ2) is 6.80. The zero-order valence-corrected chi connectivity index (χ0v) is 12.7. The van der Waals surface area contributed by atoms with Crippen LogP contribution in [-0.4, -0.2) is 27.5 Å². The van der Waals surface area contributed by atoms with Gasteiger partial charge in [-0.2, -0.15) is 5.10 Å². The van der Waals surface area contributed by atoms with Gasteiger partial charge in [-0.15, -0.1) is 11.8 Å². The summed E-state index contributed by atoms with van der Waals surface area (Å²) < 4.78 is 1.84. The summed E-state index contributed by atoms with van der Waals surface area (Å²) in [4.78, 5) is 11.9. The maximum atomic E-state index is 11.9. The Balaban J connectivity index is 1.59. The first kappa shape index (κ1) is 14.2. The molecule has 1 saturated heterocycles. The molecule has 4 nitrogen and oxygen atoms in total. The minimum absolute atomic E-state index is 0.0956. The fourth-order valence-corrected chi connectivity index (χ4v) is 3.59. The lowest BCUT2D eigenvalue weighted by Gasteiger charge is -2.12. The predicted molar refractivity (Wildman–Crippen MR) is 85.5 cm³/mol. The van der Waals surface area contributed by atoms with E-state index in [1.165, 1.54) is 5.56 Å². The van der Waals surface area contributed by atoms with Crippen LogP contribution in [0.3, 0.4) is 0 Å². The molecular formula is C16H19N3OS. The van der Waals surface area contributed by atoms with E-state index in [4.69, 9.17) is 0 Å². The fourth-order valence-electron chi connectivity index (χ4n) is 2.43. The highest BCUT2D eigenvalue weighted by molar-refractivity contribution is 7.99. The Morgan fingerprint density at radius 2 is 2.14 bits per heavy atom. The van der Waals surface area contributed by atoms with Crippen LogP contribution in [-0.2, 0) is 10.5 Å². The Hall–Kier alpha value is -1.75. The molecule has 5 heteroatoms. The smallest absolute Gasteiger partial charge is 0.233 e. The molecule has 0 bridgehead atoms. The van der Waals surface area contributed by atoms with Crippen LogP contribution in [0.25, 0.3) is 5.69 Å². The summed E-state index contributed by atoms with van der Waals surface area (Å²) in [6.07, 6.45) is 6.92. The standard InChI is InChI=1S/C16H19N3OS/c20-16-15(4-1-2-9-17-16)21-12-13-5-7-14(8-6-13)19-11-3-10-18-19/h3,5-8,10-11,15H,1-2,4,9,12H2,(H,17,20)/t15-/m0/s1. The summed E-state index contributed by atoms with van der Waals surface area (Å²) in [7, 11) is 0. The number of benzene rings is 1. The summed E-state index contributed by atoms with van der Waals surface area (Å²) >= 11 is 1.74. The van der Waals surface area contributed by atoms with E-state index in [1.807, 2.05) is 16.9 Å². The molecule has 110 valence electrons. The number of carbonyl (C=O) groups excluding carboxylic acids is 1. The molecule has 3 rings (SSSR count). The second-order valence-electron chi connectivity index (χ2n) is 5.20. The monoisotopic (exact) mass is 301 g/mol. The fraction of sp³-hybridized carbons (Fsp3) is 0.375. The number of thioether (sulfide) groups is 1. The van der Waals surface area contributed by atoms with Crippen molar-refractivity contribution in [2.45, 2.75) is 30.3 Å². The van der Waals surface area contributed by atoms with Gasteiger partial charge in [0.15, 0.2) is 0 Å². The Labute approximate surface area is 128 Å². The molecule has 1 fully saturated rings. The van der Waals surface area contributed by atoms with E-state index < -0.39 is 0 Å². The van der Waals surface area contributed by atoms with Crippen LogP contribution in [0.2, 0.25) is 0 Å². The van der Waals surface area contributed by atoms with Gasteiger partial charge < -0.3 is 5.32 Å². The lowest BCUT2D eigenvalue weighted by atomic mass is 10.2. The summed E-state index contributed by atoms with van der Waals surface area (Å²) in [6, 6.07) is 10.3. The van der Waals surface area contributed by atoms with Crippen molar-refractivity contribution >= 4 is 17.7 Å². The van der Waals surface area contributed by atoms with Crippen LogP contribution in [0.4, 0.5) is 0 Å². The topological polar surface area (TPSA) is 46.9 Å². The number of nitrogens with zero attached hydrogens (tertiary/aromatic N) is 2. The molecule has 2 heterocycles. The van der Waals surface area contributed by atoms with Crippen LogP contribution in [0.1, 0.15) is 24.8 Å². The highest BCUT2D eigenvalue weighted by atomic mass is 32.2. The third-order valence-electron chi connectivity index (χ3n) is 3.64. The summed E-state index contributed by atoms with van der Waals surface area (Å²) in [5.41, 5.74) is 2.30. The van der Waals surface area contributed by atoms with Crippen molar-refractivity contribution in [1.82, 2.24) is 15.1 Å². The maximum Gasteiger partial charge on any atom is 0.233 e. The normalized spacial score (nSPS) is 19.0. The number of amides is 1. The molecule has 0 spiro atoms. The first-order valence-electron chi connectivity index (χ1n) is 7.31. The number of hydrogen-bond donors (Lipinski definition) is 1. The highest BCUT2D eigenvalue weighted by Gasteiger charge is 2.20. The lowest BCUT2D eigenvalue weighted by Crippen LogP contribution is -2.30. The van der Waals surface area contributed by atoms with Gasteiger partial charge in [0.25, 0.3) is 0 Å². The molecule has 1 N–H and O–H groups in total. The molecule has 1 aromatic carbocycles. The van der Waals surface area contributed by atoms with Crippen molar-refractivity contribution in [1.29, 1.82) is 0 Å². The lowest BCUT2D eigenvalue weighted by molar-refractivity contribution is -0.120. The summed E-state index contributed by atoms with van der Waals surface area (Å²) in [6.45, 7) is 0.828. The number of nitrogens with one attached hydrogen (secondary N) is 1. The number of aromatic nitrogens is 2. The molecule has 2 aromatic rings. The molecule has 1 amide bonds. The highest BCUT2D eigenvalue weighted by Crippen LogP contribution is 2.24. The summed E-state index contributed by atoms with van der Waals surface area (Å²) in [5.74, 6) is 1.07. The zero-order chi connectivity index (χ0) is 14.5. The molecule has 21 heavy (non-hydrogen) atoms. The summed E-state index contributed by atoms with van der Waals surface area (Å²) in [5, 5.41) is 7.30. The maximum absolute atomic E-state index is 11.9. The van der Waals surface area contributed by atoms with Gasteiger partial charge in [0.1, 0.15) is 0 Å². The molecule has 0 radical (unpaired) electrons. The third kappa shape index (κ3) is 3.67. The van der Waals surface area contributed by atoms with Gasteiger partial charge in [-0.1, -0.05) is 18.6 Å². The van der Waals surface area contributed by atoms with E-state index in [1.54, 1.807) is 18.0 Å². The van der Waals surface area contributed by atoms with Crippen LogP contribution in [0, 0.1) is 0 Å². The Bertz CT molecular complexity index is 580. The van der Waals surface area contributed by atoms with Gasteiger partial charge in [0, 0.05) is 24.7 Å². The van der Waals surface area contributed by atoms with Gasteiger partial charge in [-0.3, -0.25) is 4.79 Å². The molecule has 1 aliphatic rings. The van der Waals surface area contributed by atoms with Gasteiger partial charge >= 0.3 is 0 Å². The average Bonchev–Trinajstić information content (AvgIpc) is 2.97. The number of carbonyl (C=O) groups is 1. The zero-order valence-electron chi connectivity index (χ0n) is 11.9.